The summed E-state index contributed by atoms with van der Waals surface area (Å²) in [4.78, 5) is 0. The molecule has 12 unspecified atom stereocenters. The largest absolute Gasteiger partial charge is 0.394 e. The summed E-state index contributed by atoms with van der Waals surface area (Å²) in [6, 6.07) is -3.69. The van der Waals surface area contributed by atoms with Gasteiger partial charge < -0.3 is 132 Å². The third-order valence-corrected chi connectivity index (χ3v) is 12.6. The lowest BCUT2D eigenvalue weighted by molar-refractivity contribution is -0.312. The molecule has 0 aromatic heterocycles. The molecule has 2 aliphatic carbocycles. The number of hydrogen-bond acceptors (Lipinski definition) is 26. The summed E-state index contributed by atoms with van der Waals surface area (Å²) < 4.78 is 44.7. The Morgan fingerprint density at radius 3 is 1.11 bits per heavy atom. The molecule has 62 heavy (non-hydrogen) atoms. The molecule has 0 aromatic carbocycles. The fraction of sp³-hybridized carbons (Fsp3) is 1.00. The second kappa shape index (κ2) is 22.2. The molecule has 4 saturated heterocycles. The molecule has 0 radical (unpaired) electrons. The minimum absolute atomic E-state index is 0.287. The van der Waals surface area contributed by atoms with Crippen molar-refractivity contribution in [3.05, 3.63) is 0 Å². The lowest BCUT2D eigenvalue weighted by Crippen LogP contribution is -2.66. The summed E-state index contributed by atoms with van der Waals surface area (Å²) in [5.41, 5.74) is 24.2. The molecule has 0 aromatic rings. The Morgan fingerprint density at radius 1 is 0.371 bits per heavy atom. The molecule has 364 valence electrons. The lowest BCUT2D eigenvalue weighted by atomic mass is 9.80. The first kappa shape index (κ1) is 51.9. The van der Waals surface area contributed by atoms with Gasteiger partial charge in [0.1, 0.15) is 97.7 Å². The summed E-state index contributed by atoms with van der Waals surface area (Å²) in [6.07, 6.45) is -26.8. The highest BCUT2D eigenvalue weighted by molar-refractivity contribution is 5.01. The summed E-state index contributed by atoms with van der Waals surface area (Å²) >= 11 is 0. The Bertz CT molecular complexity index is 1370. The van der Waals surface area contributed by atoms with Crippen LogP contribution in [0.4, 0.5) is 0 Å². The SMILES string of the molecule is CC1CC(N)[C@@H](O[C@H]2OC(CO)[C@@H](O)C(O)[C@@H]2N)C(O)[C@@H]1O[C@@H]1O[C@H](CO)[C@H](O)C1O.CC1CC(N)[C@@H](O[C@H]2OC(CO)[C@@H](O)C(O)[C@@H]2N)C(O[C@@H]2O[C@H](CO)[C@H](O)C2O)[C@@H]1O. The van der Waals surface area contributed by atoms with Gasteiger partial charge in [-0.3, -0.25) is 0 Å². The van der Waals surface area contributed by atoms with E-state index in [2.05, 4.69) is 0 Å². The molecule has 6 fully saturated rings. The zero-order valence-electron chi connectivity index (χ0n) is 34.2. The van der Waals surface area contributed by atoms with E-state index in [1.807, 2.05) is 0 Å². The first-order valence-electron chi connectivity index (χ1n) is 20.7. The number of ether oxygens (including phenoxy) is 8. The van der Waals surface area contributed by atoms with Gasteiger partial charge in [-0.15, -0.1) is 0 Å². The van der Waals surface area contributed by atoms with Gasteiger partial charge in [0.2, 0.25) is 0 Å². The first-order valence-corrected chi connectivity index (χ1v) is 20.7. The van der Waals surface area contributed by atoms with Crippen molar-refractivity contribution in [3.63, 3.8) is 0 Å². The number of hydrogen-bond donors (Lipinski definition) is 18. The molecule has 26 heteroatoms. The summed E-state index contributed by atoms with van der Waals surface area (Å²) in [7, 11) is 0. The smallest absolute Gasteiger partial charge is 0.187 e. The fourth-order valence-electron chi connectivity index (χ4n) is 8.70. The summed E-state index contributed by atoms with van der Waals surface area (Å²) in [5, 5.41) is 139. The standard InChI is InChI=1S/2C18H34N2O11/c1-5-2-6(19)16(31-17-9(20)12(25)10(23)7(3-21)28-17)14(27)15(5)30-18-13(26)11(24)8(4-22)29-18;1-5-2-6(19)15(30-17-9(20)13(26)11(24)7(3-21)28-17)16(10(5)23)31-18-14(27)12(25)8(4-22)29-18/h2*5-18,21-27H,2-4,19-20H2,1H3/t5?,6?,7?,8-,9+,10-,11+,12?,13?,14?,15-,16-,17-,18+;5?,6?,7?,8-,9+,10-,11-,12+,13?,14?,15-,16?,17-,18+/m11/s1. The summed E-state index contributed by atoms with van der Waals surface area (Å²) in [6.45, 7) is 1.28. The van der Waals surface area contributed by atoms with Crippen LogP contribution in [0.1, 0.15) is 26.7 Å². The van der Waals surface area contributed by atoms with Crippen LogP contribution in [-0.2, 0) is 37.9 Å². The van der Waals surface area contributed by atoms with Crippen LogP contribution in [0, 0.1) is 11.8 Å². The molecule has 4 aliphatic heterocycles. The average molecular weight is 909 g/mol. The third-order valence-electron chi connectivity index (χ3n) is 12.6. The van der Waals surface area contributed by atoms with Crippen LogP contribution in [0.3, 0.4) is 0 Å². The van der Waals surface area contributed by atoms with E-state index in [0.29, 0.717) is 12.8 Å². The van der Waals surface area contributed by atoms with E-state index in [9.17, 15) is 71.5 Å². The number of nitrogens with two attached hydrogens (primary N) is 4. The Labute approximate surface area is 356 Å². The van der Waals surface area contributed by atoms with E-state index in [1.54, 1.807) is 13.8 Å². The molecule has 2 saturated carbocycles. The van der Waals surface area contributed by atoms with Crippen molar-refractivity contribution in [1.82, 2.24) is 0 Å². The zero-order valence-corrected chi connectivity index (χ0v) is 34.2. The highest BCUT2D eigenvalue weighted by Crippen LogP contribution is 2.36. The topological polar surface area (TPSA) is 461 Å². The Hall–Kier alpha value is -1.04. The van der Waals surface area contributed by atoms with Crippen LogP contribution in [-0.4, -0.2) is 257 Å². The maximum absolute atomic E-state index is 10.9. The first-order chi connectivity index (χ1) is 29.2. The Morgan fingerprint density at radius 2 is 0.694 bits per heavy atom. The van der Waals surface area contributed by atoms with Crippen molar-refractivity contribution in [2.45, 2.75) is 186 Å². The Balaban J connectivity index is 0.000000234. The van der Waals surface area contributed by atoms with E-state index < -0.39 is 186 Å². The van der Waals surface area contributed by atoms with Gasteiger partial charge in [0.25, 0.3) is 0 Å². The predicted octanol–water partition coefficient (Wildman–Crippen LogP) is -10.6. The quantitative estimate of drug-likeness (QED) is 0.0864. The number of rotatable bonds is 12. The Kier molecular flexibility index (Phi) is 18.6. The maximum Gasteiger partial charge on any atom is 0.187 e. The minimum Gasteiger partial charge on any atom is -0.394 e. The molecule has 0 amide bonds. The predicted molar refractivity (Wildman–Crippen MR) is 202 cm³/mol. The number of aliphatic hydroxyl groups is 14. The molecule has 0 spiro atoms. The van der Waals surface area contributed by atoms with Crippen LogP contribution in [0.25, 0.3) is 0 Å². The van der Waals surface area contributed by atoms with E-state index in [1.165, 1.54) is 0 Å². The molecule has 6 rings (SSSR count). The molecular weight excluding hydrogens is 840 g/mol. The van der Waals surface area contributed by atoms with Crippen molar-refractivity contribution in [3.8, 4) is 0 Å². The molecule has 6 aliphatic rings. The van der Waals surface area contributed by atoms with Crippen molar-refractivity contribution < 1.29 is 109 Å². The van der Waals surface area contributed by atoms with Gasteiger partial charge in [0, 0.05) is 12.1 Å². The highest BCUT2D eigenvalue weighted by atomic mass is 16.7. The maximum atomic E-state index is 10.9. The number of aliphatic hydroxyl groups excluding tert-OH is 14. The highest BCUT2D eigenvalue weighted by Gasteiger charge is 2.54. The zero-order chi connectivity index (χ0) is 46.1. The van der Waals surface area contributed by atoms with Crippen molar-refractivity contribution in [2.75, 3.05) is 26.4 Å². The molecule has 22 N–H and O–H groups in total. The van der Waals surface area contributed by atoms with E-state index >= 15 is 0 Å². The average Bonchev–Trinajstić information content (AvgIpc) is 3.68. The minimum atomic E-state index is -1.48. The second-order valence-corrected chi connectivity index (χ2v) is 17.1. The van der Waals surface area contributed by atoms with E-state index in [0.717, 1.165) is 0 Å². The monoisotopic (exact) mass is 908 g/mol. The van der Waals surface area contributed by atoms with Crippen molar-refractivity contribution in [2.24, 2.45) is 34.8 Å². The van der Waals surface area contributed by atoms with E-state index in [-0.39, 0.29) is 11.8 Å². The van der Waals surface area contributed by atoms with Crippen LogP contribution in [0.15, 0.2) is 0 Å². The van der Waals surface area contributed by atoms with Gasteiger partial charge in [-0.2, -0.15) is 0 Å². The van der Waals surface area contributed by atoms with Gasteiger partial charge in [-0.25, -0.2) is 0 Å². The second-order valence-electron chi connectivity index (χ2n) is 17.1. The molecular formula is C36H68N4O22. The van der Waals surface area contributed by atoms with Gasteiger partial charge in [-0.1, -0.05) is 13.8 Å². The molecule has 26 nitrogen and oxygen atoms in total. The van der Waals surface area contributed by atoms with Crippen LogP contribution in [0.2, 0.25) is 0 Å². The van der Waals surface area contributed by atoms with Crippen molar-refractivity contribution >= 4 is 0 Å². The normalized spacial score (nSPS) is 53.6. The fourth-order valence-corrected chi connectivity index (χ4v) is 8.70. The van der Waals surface area contributed by atoms with E-state index in [4.69, 9.17) is 60.8 Å². The molecule has 4 heterocycles. The summed E-state index contributed by atoms with van der Waals surface area (Å²) in [5.74, 6) is -0.597. The van der Waals surface area contributed by atoms with Crippen LogP contribution >= 0.6 is 0 Å². The lowest BCUT2D eigenvalue weighted by Gasteiger charge is -2.47. The molecule has 0 bridgehead atoms. The van der Waals surface area contributed by atoms with Gasteiger partial charge in [0.15, 0.2) is 25.2 Å². The van der Waals surface area contributed by atoms with Gasteiger partial charge in [0.05, 0.1) is 50.7 Å². The van der Waals surface area contributed by atoms with Crippen LogP contribution < -0.4 is 22.9 Å². The third kappa shape index (κ3) is 10.9. The van der Waals surface area contributed by atoms with Gasteiger partial charge >= 0.3 is 0 Å². The van der Waals surface area contributed by atoms with Crippen molar-refractivity contribution in [1.29, 1.82) is 0 Å². The van der Waals surface area contributed by atoms with Gasteiger partial charge in [-0.05, 0) is 24.7 Å². The molecule has 28 atom stereocenters. The van der Waals surface area contributed by atoms with Crippen LogP contribution in [0.5, 0.6) is 0 Å².